The molecule has 0 spiro atoms. The standard InChI is InChI=1S/C16H14ClF3N4O2/c17-12-2-1-11(16(18,19)20)7-13(12)23-15-21-8-10(9-22-15)14(25)24-3-5-26-6-4-24/h1-2,7-9H,3-6H2,(H,21,22,23). The second-order valence-electron chi connectivity index (χ2n) is 5.52. The van der Waals surface area contributed by atoms with Crippen LogP contribution in [0.25, 0.3) is 0 Å². The van der Waals surface area contributed by atoms with E-state index in [2.05, 4.69) is 15.3 Å². The largest absolute Gasteiger partial charge is 0.416 e. The second-order valence-corrected chi connectivity index (χ2v) is 5.92. The first-order valence-corrected chi connectivity index (χ1v) is 8.05. The van der Waals surface area contributed by atoms with Gasteiger partial charge < -0.3 is 15.0 Å². The van der Waals surface area contributed by atoms with Crippen molar-refractivity contribution in [3.8, 4) is 0 Å². The van der Waals surface area contributed by atoms with Crippen LogP contribution in [0.3, 0.4) is 0 Å². The number of anilines is 2. The van der Waals surface area contributed by atoms with Gasteiger partial charge in [-0.2, -0.15) is 13.2 Å². The molecular weight excluding hydrogens is 373 g/mol. The predicted molar refractivity (Wildman–Crippen MR) is 88.5 cm³/mol. The highest BCUT2D eigenvalue weighted by molar-refractivity contribution is 6.33. The lowest BCUT2D eigenvalue weighted by Crippen LogP contribution is -2.40. The number of morpholine rings is 1. The van der Waals surface area contributed by atoms with Crippen molar-refractivity contribution >= 4 is 29.1 Å². The van der Waals surface area contributed by atoms with Gasteiger partial charge >= 0.3 is 6.18 Å². The average Bonchev–Trinajstić information content (AvgIpc) is 2.63. The van der Waals surface area contributed by atoms with E-state index in [0.29, 0.717) is 26.3 Å². The molecule has 1 aromatic heterocycles. The van der Waals surface area contributed by atoms with Crippen molar-refractivity contribution in [1.29, 1.82) is 0 Å². The molecule has 10 heteroatoms. The zero-order valence-corrected chi connectivity index (χ0v) is 14.1. The first kappa shape index (κ1) is 18.4. The van der Waals surface area contributed by atoms with Gasteiger partial charge in [-0.25, -0.2) is 9.97 Å². The van der Waals surface area contributed by atoms with Crippen LogP contribution >= 0.6 is 11.6 Å². The van der Waals surface area contributed by atoms with Gasteiger partial charge in [-0.15, -0.1) is 0 Å². The molecule has 0 unspecified atom stereocenters. The Hall–Kier alpha value is -2.39. The van der Waals surface area contributed by atoms with E-state index >= 15 is 0 Å². The predicted octanol–water partition coefficient (Wildman–Crippen LogP) is 3.36. The molecule has 1 amide bonds. The van der Waals surface area contributed by atoms with Gasteiger partial charge in [0.25, 0.3) is 5.91 Å². The molecule has 1 aliphatic heterocycles. The molecule has 3 rings (SSSR count). The molecule has 26 heavy (non-hydrogen) atoms. The van der Waals surface area contributed by atoms with Gasteiger partial charge in [-0.1, -0.05) is 11.6 Å². The molecule has 0 aliphatic carbocycles. The number of nitrogens with one attached hydrogen (secondary N) is 1. The number of hydrogen-bond donors (Lipinski definition) is 1. The number of carbonyl (C=O) groups excluding carboxylic acids is 1. The minimum absolute atomic E-state index is 0.0220. The first-order valence-electron chi connectivity index (χ1n) is 7.67. The Kier molecular flexibility index (Phi) is 5.28. The zero-order valence-electron chi connectivity index (χ0n) is 13.4. The number of aromatic nitrogens is 2. The molecule has 1 aromatic carbocycles. The Morgan fingerprint density at radius 1 is 1.19 bits per heavy atom. The lowest BCUT2D eigenvalue weighted by molar-refractivity contribution is -0.137. The number of halogens is 4. The molecule has 1 N–H and O–H groups in total. The third kappa shape index (κ3) is 4.23. The maximum absolute atomic E-state index is 12.8. The van der Waals surface area contributed by atoms with Gasteiger partial charge in [0.1, 0.15) is 0 Å². The zero-order chi connectivity index (χ0) is 18.7. The van der Waals surface area contributed by atoms with Crippen molar-refractivity contribution in [3.63, 3.8) is 0 Å². The number of amides is 1. The van der Waals surface area contributed by atoms with Crippen LogP contribution in [0.1, 0.15) is 15.9 Å². The summed E-state index contributed by atoms with van der Waals surface area (Å²) in [4.78, 5) is 21.9. The quantitative estimate of drug-likeness (QED) is 0.876. The van der Waals surface area contributed by atoms with E-state index < -0.39 is 11.7 Å². The second kappa shape index (κ2) is 7.46. The molecule has 138 valence electrons. The van der Waals surface area contributed by atoms with Crippen molar-refractivity contribution in [2.45, 2.75) is 6.18 Å². The lowest BCUT2D eigenvalue weighted by atomic mass is 10.2. The summed E-state index contributed by atoms with van der Waals surface area (Å²) >= 11 is 5.92. The Morgan fingerprint density at radius 2 is 1.85 bits per heavy atom. The molecule has 0 bridgehead atoms. The molecular formula is C16H14ClF3N4O2. The van der Waals surface area contributed by atoms with Crippen molar-refractivity contribution in [1.82, 2.24) is 14.9 Å². The number of benzene rings is 1. The van der Waals surface area contributed by atoms with E-state index in [0.717, 1.165) is 18.2 Å². The lowest BCUT2D eigenvalue weighted by Gasteiger charge is -2.26. The van der Waals surface area contributed by atoms with E-state index in [1.165, 1.54) is 12.4 Å². The monoisotopic (exact) mass is 386 g/mol. The van der Waals surface area contributed by atoms with E-state index in [9.17, 15) is 18.0 Å². The molecule has 1 saturated heterocycles. The van der Waals surface area contributed by atoms with Gasteiger partial charge in [0.2, 0.25) is 5.95 Å². The van der Waals surface area contributed by atoms with Crippen LogP contribution in [0, 0.1) is 0 Å². The van der Waals surface area contributed by atoms with Gasteiger partial charge in [0.15, 0.2) is 0 Å². The maximum Gasteiger partial charge on any atom is 0.416 e. The van der Waals surface area contributed by atoms with Crippen LogP contribution in [0.4, 0.5) is 24.8 Å². The minimum Gasteiger partial charge on any atom is -0.378 e. The normalized spacial score (nSPS) is 15.0. The summed E-state index contributed by atoms with van der Waals surface area (Å²) in [6.45, 7) is 1.91. The third-order valence-electron chi connectivity index (χ3n) is 3.74. The molecule has 6 nitrogen and oxygen atoms in total. The van der Waals surface area contributed by atoms with Gasteiger partial charge in [0.05, 0.1) is 35.1 Å². The van der Waals surface area contributed by atoms with Crippen LogP contribution in [0.2, 0.25) is 5.02 Å². The highest BCUT2D eigenvalue weighted by Crippen LogP contribution is 2.34. The molecule has 1 fully saturated rings. The molecule has 0 atom stereocenters. The molecule has 0 saturated carbocycles. The fourth-order valence-corrected chi connectivity index (χ4v) is 2.53. The van der Waals surface area contributed by atoms with Crippen molar-refractivity contribution in [2.75, 3.05) is 31.6 Å². The summed E-state index contributed by atoms with van der Waals surface area (Å²) < 4.78 is 43.6. The Balaban J connectivity index is 1.74. The van der Waals surface area contributed by atoms with E-state index in [1.807, 2.05) is 0 Å². The van der Waals surface area contributed by atoms with Crippen molar-refractivity contribution < 1.29 is 22.7 Å². The number of alkyl halides is 3. The summed E-state index contributed by atoms with van der Waals surface area (Å²) in [6, 6.07) is 2.90. The Labute approximate surface area is 151 Å². The fraction of sp³-hybridized carbons (Fsp3) is 0.312. The smallest absolute Gasteiger partial charge is 0.378 e. The summed E-state index contributed by atoms with van der Waals surface area (Å²) in [7, 11) is 0. The van der Waals surface area contributed by atoms with Gasteiger partial charge in [0, 0.05) is 25.5 Å². The number of carbonyl (C=O) groups is 1. The fourth-order valence-electron chi connectivity index (χ4n) is 2.37. The summed E-state index contributed by atoms with van der Waals surface area (Å²) in [6.07, 6.45) is -1.86. The van der Waals surface area contributed by atoms with Gasteiger partial charge in [-0.05, 0) is 18.2 Å². The molecule has 1 aliphatic rings. The summed E-state index contributed by atoms with van der Waals surface area (Å²) in [5.74, 6) is -0.193. The highest BCUT2D eigenvalue weighted by atomic mass is 35.5. The summed E-state index contributed by atoms with van der Waals surface area (Å²) in [5.41, 5.74) is -0.537. The number of hydrogen-bond acceptors (Lipinski definition) is 5. The topological polar surface area (TPSA) is 67.4 Å². The number of ether oxygens (including phenoxy) is 1. The van der Waals surface area contributed by atoms with E-state index in [-0.39, 0.29) is 28.1 Å². The van der Waals surface area contributed by atoms with E-state index in [4.69, 9.17) is 16.3 Å². The van der Waals surface area contributed by atoms with Crippen molar-refractivity contribution in [2.24, 2.45) is 0 Å². The third-order valence-corrected chi connectivity index (χ3v) is 4.07. The first-order chi connectivity index (χ1) is 12.3. The van der Waals surface area contributed by atoms with Crippen LogP contribution in [0.5, 0.6) is 0 Å². The maximum atomic E-state index is 12.8. The average molecular weight is 387 g/mol. The van der Waals surface area contributed by atoms with Gasteiger partial charge in [-0.3, -0.25) is 4.79 Å². The number of rotatable bonds is 3. The Morgan fingerprint density at radius 3 is 2.46 bits per heavy atom. The number of nitrogens with zero attached hydrogens (tertiary/aromatic N) is 3. The Bertz CT molecular complexity index is 793. The minimum atomic E-state index is -4.49. The van der Waals surface area contributed by atoms with Crippen LogP contribution < -0.4 is 5.32 Å². The van der Waals surface area contributed by atoms with Crippen LogP contribution in [0.15, 0.2) is 30.6 Å². The molecule has 0 radical (unpaired) electrons. The van der Waals surface area contributed by atoms with E-state index in [1.54, 1.807) is 4.90 Å². The molecule has 2 aromatic rings. The highest BCUT2D eigenvalue weighted by Gasteiger charge is 2.31. The SMILES string of the molecule is O=C(c1cnc(Nc2cc(C(F)(F)F)ccc2Cl)nc1)N1CCOCC1. The van der Waals surface area contributed by atoms with Crippen LogP contribution in [-0.2, 0) is 10.9 Å². The summed E-state index contributed by atoms with van der Waals surface area (Å²) in [5, 5.41) is 2.72. The molecule has 2 heterocycles. The van der Waals surface area contributed by atoms with Crippen molar-refractivity contribution in [3.05, 3.63) is 46.7 Å². The van der Waals surface area contributed by atoms with Crippen LogP contribution in [-0.4, -0.2) is 47.1 Å².